The Morgan fingerprint density at radius 2 is 1.70 bits per heavy atom. The summed E-state index contributed by atoms with van der Waals surface area (Å²) in [6.07, 6.45) is 1.81. The van der Waals surface area contributed by atoms with Gasteiger partial charge in [0.15, 0.2) is 22.8 Å². The standard InChI is InChI=1S/C25H22N6OS/c1-2-4-18(5-3-1)23-28-24(22-25(29-23)31(17-26-22)21-10-15-33-16-21)27-19-6-8-20(9-7-19)30-11-13-32-14-12-30/h1-10,15-17H,11-14H2,(H,27,28,29). The van der Waals surface area contributed by atoms with E-state index < -0.39 is 0 Å². The number of hydrogen-bond donors (Lipinski definition) is 1. The Balaban J connectivity index is 1.39. The molecule has 1 N–H and O–H groups in total. The van der Waals surface area contributed by atoms with E-state index in [-0.39, 0.29) is 0 Å². The zero-order valence-corrected chi connectivity index (χ0v) is 18.7. The Bertz CT molecular complexity index is 1360. The molecule has 5 aromatic rings. The highest BCUT2D eigenvalue weighted by Crippen LogP contribution is 2.29. The van der Waals surface area contributed by atoms with Crippen molar-refractivity contribution in [1.29, 1.82) is 0 Å². The molecule has 8 heteroatoms. The monoisotopic (exact) mass is 454 g/mol. The van der Waals surface area contributed by atoms with Crippen LogP contribution < -0.4 is 10.2 Å². The molecule has 7 nitrogen and oxygen atoms in total. The molecular weight excluding hydrogens is 432 g/mol. The lowest BCUT2D eigenvalue weighted by molar-refractivity contribution is 0.122. The summed E-state index contributed by atoms with van der Waals surface area (Å²) in [6.45, 7) is 3.38. The molecule has 0 spiro atoms. The number of benzene rings is 2. The van der Waals surface area contributed by atoms with Crippen LogP contribution in [0.25, 0.3) is 28.2 Å². The fraction of sp³-hybridized carbons (Fsp3) is 0.160. The fourth-order valence-corrected chi connectivity index (χ4v) is 4.63. The zero-order chi connectivity index (χ0) is 22.0. The van der Waals surface area contributed by atoms with E-state index in [9.17, 15) is 0 Å². The smallest absolute Gasteiger partial charge is 0.170 e. The van der Waals surface area contributed by atoms with E-state index in [1.807, 2.05) is 41.2 Å². The largest absolute Gasteiger partial charge is 0.378 e. The van der Waals surface area contributed by atoms with Gasteiger partial charge < -0.3 is 15.0 Å². The molecule has 1 saturated heterocycles. The van der Waals surface area contributed by atoms with Crippen LogP contribution in [0.2, 0.25) is 0 Å². The molecule has 6 rings (SSSR count). The van der Waals surface area contributed by atoms with Crippen molar-refractivity contribution in [2.75, 3.05) is 36.5 Å². The van der Waals surface area contributed by atoms with Crippen LogP contribution in [0.5, 0.6) is 0 Å². The molecule has 4 heterocycles. The molecule has 1 fully saturated rings. The van der Waals surface area contributed by atoms with Crippen LogP contribution in [0.3, 0.4) is 0 Å². The second-order valence-corrected chi connectivity index (χ2v) is 8.58. The number of anilines is 3. The Hall–Kier alpha value is -3.75. The van der Waals surface area contributed by atoms with Gasteiger partial charge in [-0.3, -0.25) is 4.57 Å². The lowest BCUT2D eigenvalue weighted by Crippen LogP contribution is -2.36. The van der Waals surface area contributed by atoms with E-state index in [0.29, 0.717) is 11.6 Å². The number of imidazole rings is 1. The third kappa shape index (κ3) is 3.94. The molecule has 33 heavy (non-hydrogen) atoms. The maximum atomic E-state index is 5.46. The summed E-state index contributed by atoms with van der Waals surface area (Å²) in [5.74, 6) is 1.35. The van der Waals surface area contributed by atoms with Gasteiger partial charge in [-0.15, -0.1) is 0 Å². The number of hydrogen-bond acceptors (Lipinski definition) is 7. The minimum absolute atomic E-state index is 0.660. The van der Waals surface area contributed by atoms with E-state index in [4.69, 9.17) is 14.7 Å². The predicted molar refractivity (Wildman–Crippen MR) is 133 cm³/mol. The number of ether oxygens (including phenoxy) is 1. The van der Waals surface area contributed by atoms with Crippen LogP contribution in [-0.4, -0.2) is 45.8 Å². The molecule has 0 radical (unpaired) electrons. The van der Waals surface area contributed by atoms with Gasteiger partial charge in [-0.25, -0.2) is 15.0 Å². The number of thiophene rings is 1. The molecule has 0 saturated carbocycles. The second-order valence-electron chi connectivity index (χ2n) is 7.80. The van der Waals surface area contributed by atoms with Crippen LogP contribution >= 0.6 is 11.3 Å². The second kappa shape index (κ2) is 8.65. The first-order valence-corrected chi connectivity index (χ1v) is 11.8. The van der Waals surface area contributed by atoms with E-state index in [1.54, 1.807) is 11.3 Å². The predicted octanol–water partition coefficient (Wildman–Crippen LogP) is 5.12. The average Bonchev–Trinajstić information content (AvgIpc) is 3.56. The summed E-state index contributed by atoms with van der Waals surface area (Å²) in [6, 6.07) is 20.5. The van der Waals surface area contributed by atoms with Crippen molar-refractivity contribution >= 4 is 39.7 Å². The fourth-order valence-electron chi connectivity index (χ4n) is 4.00. The lowest BCUT2D eigenvalue weighted by atomic mass is 10.2. The summed E-state index contributed by atoms with van der Waals surface area (Å²) in [5.41, 5.74) is 5.66. The van der Waals surface area contributed by atoms with E-state index >= 15 is 0 Å². The van der Waals surface area contributed by atoms with E-state index in [1.165, 1.54) is 5.69 Å². The minimum atomic E-state index is 0.660. The Kier molecular flexibility index (Phi) is 5.22. The molecule has 0 bridgehead atoms. The van der Waals surface area contributed by atoms with Crippen molar-refractivity contribution in [3.05, 3.63) is 77.8 Å². The first kappa shape index (κ1) is 19.9. The molecule has 3 aromatic heterocycles. The molecule has 1 aliphatic rings. The van der Waals surface area contributed by atoms with Gasteiger partial charge >= 0.3 is 0 Å². The quantitative estimate of drug-likeness (QED) is 0.397. The molecule has 164 valence electrons. The molecule has 0 aliphatic carbocycles. The number of nitrogens with zero attached hydrogens (tertiary/aromatic N) is 5. The third-order valence-corrected chi connectivity index (χ3v) is 6.39. The SMILES string of the molecule is c1ccc(-c2nc(Nc3ccc(N4CCOCC4)cc3)c3ncn(-c4ccsc4)c3n2)cc1. The normalized spacial score (nSPS) is 14.0. The maximum Gasteiger partial charge on any atom is 0.170 e. The third-order valence-electron chi connectivity index (χ3n) is 5.72. The number of fused-ring (bicyclic) bond motifs is 1. The van der Waals surface area contributed by atoms with Gasteiger partial charge in [-0.2, -0.15) is 11.3 Å². The Labute approximate surface area is 195 Å². The summed E-state index contributed by atoms with van der Waals surface area (Å²) in [4.78, 5) is 16.7. The average molecular weight is 455 g/mol. The van der Waals surface area contributed by atoms with Crippen molar-refractivity contribution < 1.29 is 4.74 Å². The first-order chi connectivity index (χ1) is 16.3. The van der Waals surface area contributed by atoms with Gasteiger partial charge in [0, 0.05) is 35.4 Å². The van der Waals surface area contributed by atoms with Crippen LogP contribution in [0, 0.1) is 0 Å². The van der Waals surface area contributed by atoms with Gasteiger partial charge in [0.25, 0.3) is 0 Å². The first-order valence-electron chi connectivity index (χ1n) is 10.9. The molecule has 2 aromatic carbocycles. The van der Waals surface area contributed by atoms with Crippen molar-refractivity contribution in [3.63, 3.8) is 0 Å². The van der Waals surface area contributed by atoms with Crippen molar-refractivity contribution in [2.45, 2.75) is 0 Å². The van der Waals surface area contributed by atoms with Crippen molar-refractivity contribution in [1.82, 2.24) is 19.5 Å². The highest BCUT2D eigenvalue weighted by molar-refractivity contribution is 7.08. The summed E-state index contributed by atoms with van der Waals surface area (Å²) >= 11 is 1.65. The van der Waals surface area contributed by atoms with Gasteiger partial charge in [-0.05, 0) is 35.7 Å². The summed E-state index contributed by atoms with van der Waals surface area (Å²) in [5, 5.41) is 7.62. The zero-order valence-electron chi connectivity index (χ0n) is 17.9. The summed E-state index contributed by atoms with van der Waals surface area (Å²) < 4.78 is 7.47. The topological polar surface area (TPSA) is 68.1 Å². The maximum absolute atomic E-state index is 5.46. The van der Waals surface area contributed by atoms with Crippen molar-refractivity contribution in [2.24, 2.45) is 0 Å². The number of morpholine rings is 1. The number of rotatable bonds is 5. The Morgan fingerprint density at radius 1 is 0.879 bits per heavy atom. The van der Waals surface area contributed by atoms with Gasteiger partial charge in [-0.1, -0.05) is 30.3 Å². The highest BCUT2D eigenvalue weighted by Gasteiger charge is 2.16. The van der Waals surface area contributed by atoms with E-state index in [0.717, 1.165) is 54.4 Å². The van der Waals surface area contributed by atoms with Crippen LogP contribution in [-0.2, 0) is 4.74 Å². The van der Waals surface area contributed by atoms with Crippen LogP contribution in [0.15, 0.2) is 77.8 Å². The van der Waals surface area contributed by atoms with Gasteiger partial charge in [0.1, 0.15) is 6.33 Å². The molecular formula is C25H22N6OS. The summed E-state index contributed by atoms with van der Waals surface area (Å²) in [7, 11) is 0. The number of aromatic nitrogens is 4. The van der Waals surface area contributed by atoms with Crippen LogP contribution in [0.4, 0.5) is 17.2 Å². The lowest BCUT2D eigenvalue weighted by Gasteiger charge is -2.28. The van der Waals surface area contributed by atoms with Gasteiger partial charge in [0.2, 0.25) is 0 Å². The van der Waals surface area contributed by atoms with Gasteiger partial charge in [0.05, 0.1) is 18.9 Å². The van der Waals surface area contributed by atoms with E-state index in [2.05, 4.69) is 56.3 Å². The minimum Gasteiger partial charge on any atom is -0.378 e. The van der Waals surface area contributed by atoms with Crippen molar-refractivity contribution in [3.8, 4) is 17.1 Å². The molecule has 0 atom stereocenters. The molecule has 0 unspecified atom stereocenters. The Morgan fingerprint density at radius 3 is 2.45 bits per heavy atom. The highest BCUT2D eigenvalue weighted by atomic mass is 32.1. The number of nitrogens with one attached hydrogen (secondary N) is 1. The molecule has 1 aliphatic heterocycles. The van der Waals surface area contributed by atoms with Crippen LogP contribution in [0.1, 0.15) is 0 Å². The molecule has 0 amide bonds.